The fourth-order valence-corrected chi connectivity index (χ4v) is 6.82. The second-order valence-corrected chi connectivity index (χ2v) is 10.8. The molecule has 1 aliphatic heterocycles. The lowest BCUT2D eigenvalue weighted by molar-refractivity contribution is -0.132. The Labute approximate surface area is 235 Å². The molecule has 1 atom stereocenters. The third-order valence-corrected chi connectivity index (χ3v) is 8.48. The number of aromatic nitrogens is 1. The monoisotopic (exact) mass is 590 g/mol. The van der Waals surface area contributed by atoms with Gasteiger partial charge in [-0.1, -0.05) is 40.6 Å². The number of rotatable bonds is 7. The number of methoxy groups -OCH3 is 2. The average molecular weight is 591 g/mol. The van der Waals surface area contributed by atoms with E-state index < -0.39 is 23.5 Å². The van der Waals surface area contributed by atoms with Crippen molar-refractivity contribution >= 4 is 78.7 Å². The maximum Gasteiger partial charge on any atom is 0.301 e. The summed E-state index contributed by atoms with van der Waals surface area (Å²) < 4.78 is 17.0. The largest absolute Gasteiger partial charge is 0.507 e. The van der Waals surface area contributed by atoms with Gasteiger partial charge in [0.2, 0.25) is 0 Å². The SMILES string of the molecule is CCOc1ccc2nc(N3C(=O)C(=O)/C(=C(/O)c4cc(Cl)c(OC)c(Cl)c4OC)C3c3cccs3)sc2c1. The predicted octanol–water partition coefficient (Wildman–Crippen LogP) is 6.71. The van der Waals surface area contributed by atoms with Gasteiger partial charge in [0.05, 0.1) is 47.2 Å². The van der Waals surface area contributed by atoms with E-state index in [0.717, 1.165) is 4.70 Å². The van der Waals surface area contributed by atoms with Gasteiger partial charge in [0.15, 0.2) is 16.6 Å². The highest BCUT2D eigenvalue weighted by Crippen LogP contribution is 2.49. The smallest absolute Gasteiger partial charge is 0.301 e. The predicted molar refractivity (Wildman–Crippen MR) is 149 cm³/mol. The van der Waals surface area contributed by atoms with Crippen LogP contribution in [0.5, 0.6) is 17.2 Å². The normalized spacial score (nSPS) is 16.9. The summed E-state index contributed by atoms with van der Waals surface area (Å²) in [5.41, 5.74) is 0.562. The van der Waals surface area contributed by atoms with Crippen LogP contribution < -0.4 is 19.1 Å². The van der Waals surface area contributed by atoms with Gasteiger partial charge in [-0.2, -0.15) is 0 Å². The van der Waals surface area contributed by atoms with Crippen LogP contribution in [0.3, 0.4) is 0 Å². The molecule has 1 aliphatic rings. The second kappa shape index (κ2) is 10.5. The number of carbonyl (C=O) groups excluding carboxylic acids is 2. The first-order chi connectivity index (χ1) is 18.3. The lowest BCUT2D eigenvalue weighted by Crippen LogP contribution is -2.28. The molecule has 8 nitrogen and oxygen atoms in total. The number of fused-ring (bicyclic) bond motifs is 1. The van der Waals surface area contributed by atoms with Crippen LogP contribution in [0.4, 0.5) is 5.13 Å². The van der Waals surface area contributed by atoms with E-state index in [1.807, 2.05) is 18.4 Å². The summed E-state index contributed by atoms with van der Waals surface area (Å²) in [6, 6.07) is 9.45. The Morgan fingerprint density at radius 3 is 2.55 bits per heavy atom. The molecule has 0 bridgehead atoms. The average Bonchev–Trinajstić information content (AvgIpc) is 3.62. The molecule has 3 heterocycles. The number of thiophene rings is 1. The molecule has 4 aromatic rings. The Morgan fingerprint density at radius 1 is 1.13 bits per heavy atom. The molecule has 5 rings (SSSR count). The minimum atomic E-state index is -0.939. The molecule has 0 radical (unpaired) electrons. The molecule has 0 saturated carbocycles. The van der Waals surface area contributed by atoms with Crippen molar-refractivity contribution in [2.45, 2.75) is 13.0 Å². The zero-order valence-electron chi connectivity index (χ0n) is 20.3. The van der Waals surface area contributed by atoms with Gasteiger partial charge >= 0.3 is 5.91 Å². The standard InChI is InChI=1S/C26H20Cl2N2O6S2/c1-4-36-12-7-8-15-17(10-12)38-26(29-15)30-20(16-6-5-9-37-16)18(22(32)25(30)33)21(31)13-11-14(27)24(35-3)19(28)23(13)34-2/h5-11,20,31H,4H2,1-3H3/b21-18+. The molecule has 0 spiro atoms. The molecule has 12 heteroatoms. The number of ether oxygens (including phenoxy) is 3. The summed E-state index contributed by atoms with van der Waals surface area (Å²) in [5, 5.41) is 13.8. The second-order valence-electron chi connectivity index (χ2n) is 8.03. The number of aliphatic hydroxyl groups is 1. The summed E-state index contributed by atoms with van der Waals surface area (Å²) in [4.78, 5) is 33.5. The fourth-order valence-electron chi connectivity index (χ4n) is 4.29. The van der Waals surface area contributed by atoms with Gasteiger partial charge in [-0.15, -0.1) is 11.3 Å². The quantitative estimate of drug-likeness (QED) is 0.145. The fraction of sp³-hybridized carbons (Fsp3) is 0.192. The molecule has 1 amide bonds. The van der Waals surface area contributed by atoms with Gasteiger partial charge in [-0.05, 0) is 42.6 Å². The third-order valence-electron chi connectivity index (χ3n) is 5.92. The van der Waals surface area contributed by atoms with Crippen LogP contribution in [0.1, 0.15) is 23.4 Å². The van der Waals surface area contributed by atoms with E-state index in [1.54, 1.807) is 24.3 Å². The Bertz CT molecular complexity index is 1600. The number of Topliss-reactive ketones (excluding diaryl/α,β-unsaturated/α-hetero) is 1. The van der Waals surface area contributed by atoms with Crippen LogP contribution in [-0.2, 0) is 9.59 Å². The lowest BCUT2D eigenvalue weighted by Gasteiger charge is -2.22. The Morgan fingerprint density at radius 2 is 1.89 bits per heavy atom. The summed E-state index contributed by atoms with van der Waals surface area (Å²) in [6.45, 7) is 2.40. The van der Waals surface area contributed by atoms with E-state index in [0.29, 0.717) is 27.9 Å². The number of halogens is 2. The van der Waals surface area contributed by atoms with Gasteiger partial charge in [-0.3, -0.25) is 14.5 Å². The van der Waals surface area contributed by atoms with Gasteiger partial charge in [0, 0.05) is 4.88 Å². The highest BCUT2D eigenvalue weighted by molar-refractivity contribution is 7.22. The summed E-state index contributed by atoms with van der Waals surface area (Å²) >= 11 is 15.4. The number of ketones is 1. The van der Waals surface area contributed by atoms with Crippen LogP contribution in [0.25, 0.3) is 16.0 Å². The number of thiazole rings is 1. The molecule has 1 fully saturated rings. The number of anilines is 1. The molecule has 196 valence electrons. The highest BCUT2D eigenvalue weighted by atomic mass is 35.5. The van der Waals surface area contributed by atoms with Crippen molar-refractivity contribution in [1.29, 1.82) is 0 Å². The topological polar surface area (TPSA) is 98.2 Å². The number of carbonyl (C=O) groups is 2. The van der Waals surface area contributed by atoms with E-state index in [4.69, 9.17) is 37.4 Å². The first kappa shape index (κ1) is 26.3. The van der Waals surface area contributed by atoms with E-state index in [-0.39, 0.29) is 32.7 Å². The molecule has 1 N–H and O–H groups in total. The summed E-state index contributed by atoms with van der Waals surface area (Å²) in [7, 11) is 2.75. The first-order valence-corrected chi connectivity index (χ1v) is 13.7. The maximum atomic E-state index is 13.5. The van der Waals surface area contributed by atoms with Crippen molar-refractivity contribution in [2.75, 3.05) is 25.7 Å². The van der Waals surface area contributed by atoms with Crippen molar-refractivity contribution < 1.29 is 28.9 Å². The Balaban J connectivity index is 1.71. The molecule has 0 aliphatic carbocycles. The number of nitrogens with zero attached hydrogens (tertiary/aromatic N) is 2. The third kappa shape index (κ3) is 4.27. The number of benzene rings is 2. The number of hydrogen-bond donors (Lipinski definition) is 1. The molecule has 2 aromatic carbocycles. The Hall–Kier alpha value is -3.31. The van der Waals surface area contributed by atoms with Crippen LogP contribution in [-0.4, -0.2) is 42.6 Å². The zero-order valence-corrected chi connectivity index (χ0v) is 23.4. The van der Waals surface area contributed by atoms with Crippen molar-refractivity contribution in [3.05, 3.63) is 67.8 Å². The number of amides is 1. The van der Waals surface area contributed by atoms with Gasteiger partial charge in [0.25, 0.3) is 5.78 Å². The molecular weight excluding hydrogens is 571 g/mol. The minimum Gasteiger partial charge on any atom is -0.507 e. The van der Waals surface area contributed by atoms with Crippen LogP contribution >= 0.6 is 45.9 Å². The van der Waals surface area contributed by atoms with Crippen molar-refractivity contribution in [3.63, 3.8) is 0 Å². The zero-order chi connectivity index (χ0) is 27.1. The maximum absolute atomic E-state index is 13.5. The van der Waals surface area contributed by atoms with Crippen LogP contribution in [0.15, 0.2) is 47.4 Å². The Kier molecular flexibility index (Phi) is 7.23. The van der Waals surface area contributed by atoms with Crippen molar-refractivity contribution in [3.8, 4) is 17.2 Å². The molecule has 1 unspecified atom stereocenters. The number of aliphatic hydroxyl groups excluding tert-OH is 1. The van der Waals surface area contributed by atoms with Crippen molar-refractivity contribution in [1.82, 2.24) is 4.98 Å². The first-order valence-electron chi connectivity index (χ1n) is 11.3. The number of hydrogen-bond acceptors (Lipinski definition) is 9. The molecule has 38 heavy (non-hydrogen) atoms. The van der Waals surface area contributed by atoms with Crippen molar-refractivity contribution in [2.24, 2.45) is 0 Å². The van der Waals surface area contributed by atoms with Gasteiger partial charge in [0.1, 0.15) is 22.6 Å². The van der Waals surface area contributed by atoms with Crippen LogP contribution in [0.2, 0.25) is 10.0 Å². The van der Waals surface area contributed by atoms with Gasteiger partial charge < -0.3 is 19.3 Å². The van der Waals surface area contributed by atoms with Gasteiger partial charge in [-0.25, -0.2) is 4.98 Å². The molecule has 1 saturated heterocycles. The molecular formula is C26H20Cl2N2O6S2. The molecule has 2 aromatic heterocycles. The minimum absolute atomic E-state index is 0.0160. The summed E-state index contributed by atoms with van der Waals surface area (Å²) in [5.74, 6) is -1.30. The summed E-state index contributed by atoms with van der Waals surface area (Å²) in [6.07, 6.45) is 0. The highest BCUT2D eigenvalue weighted by Gasteiger charge is 2.49. The van der Waals surface area contributed by atoms with E-state index in [2.05, 4.69) is 4.98 Å². The van der Waals surface area contributed by atoms with E-state index >= 15 is 0 Å². The van der Waals surface area contributed by atoms with Crippen LogP contribution in [0, 0.1) is 0 Å². The lowest BCUT2D eigenvalue weighted by atomic mass is 9.99. The van der Waals surface area contributed by atoms with E-state index in [1.165, 1.54) is 47.9 Å². The van der Waals surface area contributed by atoms with E-state index in [9.17, 15) is 14.7 Å².